The maximum atomic E-state index is 12.3. The summed E-state index contributed by atoms with van der Waals surface area (Å²) < 4.78 is 17.5. The average molecular weight is 296 g/mol. The van der Waals surface area contributed by atoms with Crippen molar-refractivity contribution in [2.45, 2.75) is 10.6 Å². The molecule has 19 heavy (non-hydrogen) atoms. The van der Waals surface area contributed by atoms with Gasteiger partial charge in [0.15, 0.2) is 0 Å². The van der Waals surface area contributed by atoms with E-state index in [9.17, 15) is 4.21 Å². The fourth-order valence-electron chi connectivity index (χ4n) is 1.74. The smallest absolute Gasteiger partial charge is 0.123 e. The van der Waals surface area contributed by atoms with E-state index in [2.05, 4.69) is 0 Å². The van der Waals surface area contributed by atoms with Crippen molar-refractivity contribution < 1.29 is 8.95 Å². The van der Waals surface area contributed by atoms with Crippen LogP contribution in [0.2, 0.25) is 5.02 Å². The Labute approximate surface area is 119 Å². The van der Waals surface area contributed by atoms with Gasteiger partial charge >= 0.3 is 0 Å². The Bertz CT molecular complexity index is 616. The van der Waals surface area contributed by atoms with Crippen molar-refractivity contribution >= 4 is 28.1 Å². The summed E-state index contributed by atoms with van der Waals surface area (Å²) in [4.78, 5) is 0.696. The largest absolute Gasteiger partial charge is 0.496 e. The zero-order valence-corrected chi connectivity index (χ0v) is 12.0. The van der Waals surface area contributed by atoms with Crippen LogP contribution in [0.5, 0.6) is 5.75 Å². The summed E-state index contributed by atoms with van der Waals surface area (Å²) in [7, 11) is 0.396. The lowest BCUT2D eigenvalue weighted by Crippen LogP contribution is -2.00. The normalized spacial score (nSPS) is 12.1. The van der Waals surface area contributed by atoms with E-state index in [0.717, 1.165) is 5.56 Å². The maximum absolute atomic E-state index is 12.3. The van der Waals surface area contributed by atoms with Gasteiger partial charge in [-0.1, -0.05) is 17.7 Å². The van der Waals surface area contributed by atoms with Crippen LogP contribution < -0.4 is 10.5 Å². The molecule has 0 bridgehead atoms. The molecular weight excluding hydrogens is 282 g/mol. The van der Waals surface area contributed by atoms with Gasteiger partial charge < -0.3 is 10.5 Å². The highest BCUT2D eigenvalue weighted by Crippen LogP contribution is 2.25. The van der Waals surface area contributed by atoms with E-state index in [0.29, 0.717) is 27.1 Å². The second-order valence-corrected chi connectivity index (χ2v) is 5.91. The van der Waals surface area contributed by atoms with Crippen molar-refractivity contribution in [3.63, 3.8) is 0 Å². The molecule has 5 heteroatoms. The molecule has 0 saturated carbocycles. The Morgan fingerprint density at radius 1 is 1.26 bits per heavy atom. The molecule has 0 aromatic heterocycles. The van der Waals surface area contributed by atoms with Gasteiger partial charge in [0.1, 0.15) is 5.75 Å². The Morgan fingerprint density at radius 3 is 2.74 bits per heavy atom. The lowest BCUT2D eigenvalue weighted by Gasteiger charge is -2.09. The third-order valence-electron chi connectivity index (χ3n) is 2.65. The molecule has 0 fully saturated rings. The van der Waals surface area contributed by atoms with Crippen LogP contribution in [0, 0.1) is 0 Å². The first-order valence-corrected chi connectivity index (χ1v) is 7.36. The summed E-state index contributed by atoms with van der Waals surface area (Å²) >= 11 is 5.95. The molecular formula is C14H14ClNO2S. The van der Waals surface area contributed by atoms with E-state index in [1.807, 2.05) is 0 Å². The number of hydrogen-bond acceptors (Lipinski definition) is 3. The van der Waals surface area contributed by atoms with Crippen LogP contribution in [-0.2, 0) is 16.6 Å². The second-order valence-electron chi connectivity index (χ2n) is 4.02. The lowest BCUT2D eigenvalue weighted by molar-refractivity contribution is 0.411. The molecule has 0 spiro atoms. The van der Waals surface area contributed by atoms with E-state index in [1.165, 1.54) is 0 Å². The standard InChI is InChI=1S/C14H14ClNO2S/c1-18-14-6-5-11(15)7-10(14)9-19(17)13-4-2-3-12(16)8-13/h2-8H,9,16H2,1H3. The minimum atomic E-state index is -1.18. The van der Waals surface area contributed by atoms with Crippen molar-refractivity contribution in [3.8, 4) is 5.75 Å². The van der Waals surface area contributed by atoms with E-state index in [4.69, 9.17) is 22.1 Å². The van der Waals surface area contributed by atoms with Gasteiger partial charge in [-0.15, -0.1) is 0 Å². The molecule has 3 nitrogen and oxygen atoms in total. The quantitative estimate of drug-likeness (QED) is 0.881. The molecule has 1 unspecified atom stereocenters. The predicted octanol–water partition coefficient (Wildman–Crippen LogP) is 3.24. The summed E-state index contributed by atoms with van der Waals surface area (Å²) in [6, 6.07) is 12.3. The first kappa shape index (κ1) is 13.9. The summed E-state index contributed by atoms with van der Waals surface area (Å²) in [5.74, 6) is 1.02. The van der Waals surface area contributed by atoms with Crippen LogP contribution >= 0.6 is 11.6 Å². The fraction of sp³-hybridized carbons (Fsp3) is 0.143. The van der Waals surface area contributed by atoms with Gasteiger partial charge in [0.2, 0.25) is 0 Å². The highest BCUT2D eigenvalue weighted by atomic mass is 35.5. The van der Waals surface area contributed by atoms with Gasteiger partial charge in [-0.2, -0.15) is 0 Å². The number of anilines is 1. The summed E-state index contributed by atoms with van der Waals surface area (Å²) in [6.45, 7) is 0. The molecule has 2 rings (SSSR count). The molecule has 2 aromatic carbocycles. The van der Waals surface area contributed by atoms with Crippen molar-refractivity contribution in [3.05, 3.63) is 53.1 Å². The Hall–Kier alpha value is -1.52. The minimum absolute atomic E-state index is 0.340. The first-order valence-electron chi connectivity index (χ1n) is 5.66. The number of rotatable bonds is 4. The second kappa shape index (κ2) is 6.08. The van der Waals surface area contributed by atoms with Gasteiger partial charge in [-0.3, -0.25) is 4.21 Å². The highest BCUT2D eigenvalue weighted by Gasteiger charge is 2.10. The van der Waals surface area contributed by atoms with Crippen LogP contribution in [0.4, 0.5) is 5.69 Å². The molecule has 0 saturated heterocycles. The number of hydrogen-bond donors (Lipinski definition) is 1. The number of ether oxygens (including phenoxy) is 1. The predicted molar refractivity (Wildman–Crippen MR) is 79.0 cm³/mol. The molecule has 0 aliphatic rings. The van der Waals surface area contributed by atoms with Gasteiger partial charge in [0.05, 0.1) is 23.7 Å². The number of methoxy groups -OCH3 is 1. The molecule has 0 heterocycles. The van der Waals surface area contributed by atoms with E-state index < -0.39 is 10.8 Å². The molecule has 0 aliphatic heterocycles. The van der Waals surface area contributed by atoms with Gasteiger partial charge in [-0.05, 0) is 36.4 Å². The van der Waals surface area contributed by atoms with Gasteiger partial charge in [0.25, 0.3) is 0 Å². The third-order valence-corrected chi connectivity index (χ3v) is 4.24. The van der Waals surface area contributed by atoms with Crippen LogP contribution in [0.25, 0.3) is 0 Å². The van der Waals surface area contributed by atoms with E-state index in [1.54, 1.807) is 49.6 Å². The van der Waals surface area contributed by atoms with Gasteiger partial charge in [0, 0.05) is 21.2 Å². The van der Waals surface area contributed by atoms with Crippen molar-refractivity contribution in [2.24, 2.45) is 0 Å². The zero-order chi connectivity index (χ0) is 13.8. The highest BCUT2D eigenvalue weighted by molar-refractivity contribution is 7.84. The van der Waals surface area contributed by atoms with Crippen molar-refractivity contribution in [2.75, 3.05) is 12.8 Å². The molecule has 1 atom stereocenters. The molecule has 2 aromatic rings. The Balaban J connectivity index is 2.26. The lowest BCUT2D eigenvalue weighted by atomic mass is 10.2. The fourth-order valence-corrected chi connectivity index (χ4v) is 3.11. The Morgan fingerprint density at radius 2 is 2.05 bits per heavy atom. The topological polar surface area (TPSA) is 52.3 Å². The molecule has 0 radical (unpaired) electrons. The molecule has 2 N–H and O–H groups in total. The molecule has 0 amide bonds. The average Bonchev–Trinajstić information content (AvgIpc) is 2.39. The maximum Gasteiger partial charge on any atom is 0.123 e. The Kier molecular flexibility index (Phi) is 4.45. The monoisotopic (exact) mass is 295 g/mol. The van der Waals surface area contributed by atoms with Crippen LogP contribution in [0.1, 0.15) is 5.56 Å². The summed E-state index contributed by atoms with van der Waals surface area (Å²) in [5, 5.41) is 0.598. The van der Waals surface area contributed by atoms with Crippen LogP contribution in [-0.4, -0.2) is 11.3 Å². The number of nitrogens with two attached hydrogens (primary N) is 1. The molecule has 100 valence electrons. The molecule has 0 aliphatic carbocycles. The third kappa shape index (κ3) is 3.49. The van der Waals surface area contributed by atoms with Crippen LogP contribution in [0.15, 0.2) is 47.4 Å². The SMILES string of the molecule is COc1ccc(Cl)cc1CS(=O)c1cccc(N)c1. The van der Waals surface area contributed by atoms with E-state index in [-0.39, 0.29) is 0 Å². The summed E-state index contributed by atoms with van der Waals surface area (Å²) in [5.41, 5.74) is 7.11. The number of halogens is 1. The zero-order valence-electron chi connectivity index (χ0n) is 10.4. The number of nitrogen functional groups attached to an aromatic ring is 1. The van der Waals surface area contributed by atoms with Gasteiger partial charge in [-0.25, -0.2) is 0 Å². The first-order chi connectivity index (χ1) is 9.10. The number of benzene rings is 2. The van der Waals surface area contributed by atoms with Crippen LogP contribution in [0.3, 0.4) is 0 Å². The summed E-state index contributed by atoms with van der Waals surface area (Å²) in [6.07, 6.45) is 0. The van der Waals surface area contributed by atoms with Crippen molar-refractivity contribution in [1.82, 2.24) is 0 Å². The minimum Gasteiger partial charge on any atom is -0.496 e. The van der Waals surface area contributed by atoms with E-state index >= 15 is 0 Å². The van der Waals surface area contributed by atoms with Crippen molar-refractivity contribution in [1.29, 1.82) is 0 Å².